The molecule has 1 heteroatoms. The summed E-state index contributed by atoms with van der Waals surface area (Å²) in [7, 11) is 0. The minimum atomic E-state index is 0.535. The van der Waals surface area contributed by atoms with E-state index >= 15 is 0 Å². The van der Waals surface area contributed by atoms with Gasteiger partial charge in [0.2, 0.25) is 0 Å². The lowest BCUT2D eigenvalue weighted by atomic mass is 10.1. The van der Waals surface area contributed by atoms with E-state index in [0.29, 0.717) is 4.83 Å². The molecule has 0 aromatic rings. The quantitative estimate of drug-likeness (QED) is 0.319. The number of alkyl halides is 1. The Morgan fingerprint density at radius 3 is 2.31 bits per heavy atom. The van der Waals surface area contributed by atoms with Gasteiger partial charge in [-0.3, -0.25) is 0 Å². The molecule has 1 atom stereocenters. The highest BCUT2D eigenvalue weighted by atomic mass is 79.9. The van der Waals surface area contributed by atoms with E-state index in [0.717, 1.165) is 0 Å². The van der Waals surface area contributed by atoms with Gasteiger partial charge in [0.15, 0.2) is 0 Å². The molecule has 0 heterocycles. The Morgan fingerprint density at radius 1 is 1.08 bits per heavy atom. The van der Waals surface area contributed by atoms with E-state index in [1.807, 2.05) is 0 Å². The summed E-state index contributed by atoms with van der Waals surface area (Å²) in [5.74, 6) is 0. The molecule has 0 aliphatic carbocycles. The van der Waals surface area contributed by atoms with Crippen molar-refractivity contribution in [2.24, 2.45) is 0 Å². The summed E-state index contributed by atoms with van der Waals surface area (Å²) in [6.07, 6.45) is 14.1. The molecule has 0 spiro atoms. The highest BCUT2D eigenvalue weighted by Gasteiger charge is 1.89. The van der Waals surface area contributed by atoms with Crippen molar-refractivity contribution < 1.29 is 0 Å². The Balaban J connectivity index is 2.99. The van der Waals surface area contributed by atoms with Crippen molar-refractivity contribution in [3.05, 3.63) is 12.2 Å². The number of allylic oxidation sites excluding steroid dienone is 2. The molecule has 0 radical (unpaired) electrons. The van der Waals surface area contributed by atoms with Gasteiger partial charge in [-0.1, -0.05) is 67.1 Å². The SMILES string of the molecule is CCCCCCCC/C=C/C(C)Br. The first-order valence-electron chi connectivity index (χ1n) is 5.58. The monoisotopic (exact) mass is 246 g/mol. The van der Waals surface area contributed by atoms with E-state index in [-0.39, 0.29) is 0 Å². The smallest absolute Gasteiger partial charge is 0.0297 e. The van der Waals surface area contributed by atoms with E-state index < -0.39 is 0 Å². The summed E-state index contributed by atoms with van der Waals surface area (Å²) in [5, 5.41) is 0. The molecule has 0 aliphatic heterocycles. The predicted octanol–water partition coefficient (Wildman–Crippen LogP) is 5.08. The van der Waals surface area contributed by atoms with Gasteiger partial charge in [-0.15, -0.1) is 0 Å². The standard InChI is InChI=1S/C12H23Br/c1-3-4-5-6-7-8-9-10-11-12(2)13/h10-12H,3-9H2,1-2H3/b11-10+. The zero-order chi connectivity index (χ0) is 9.94. The first-order valence-corrected chi connectivity index (χ1v) is 6.49. The molecule has 0 fully saturated rings. The maximum atomic E-state index is 3.49. The lowest BCUT2D eigenvalue weighted by Crippen LogP contribution is -1.81. The molecule has 0 aliphatic rings. The van der Waals surface area contributed by atoms with E-state index in [9.17, 15) is 0 Å². The largest absolute Gasteiger partial charge is 0.0874 e. The molecule has 0 N–H and O–H groups in total. The van der Waals surface area contributed by atoms with Gasteiger partial charge in [0.1, 0.15) is 0 Å². The lowest BCUT2D eigenvalue weighted by molar-refractivity contribution is 0.611. The summed E-state index contributed by atoms with van der Waals surface area (Å²) in [6, 6.07) is 0. The molecule has 0 aromatic carbocycles. The highest BCUT2D eigenvalue weighted by molar-refractivity contribution is 9.09. The number of halogens is 1. The fourth-order valence-electron chi connectivity index (χ4n) is 1.33. The molecule has 0 rings (SSSR count). The van der Waals surface area contributed by atoms with Gasteiger partial charge in [-0.05, 0) is 19.8 Å². The van der Waals surface area contributed by atoms with Crippen LogP contribution in [0.4, 0.5) is 0 Å². The van der Waals surface area contributed by atoms with Crippen LogP contribution in [-0.2, 0) is 0 Å². The Kier molecular flexibility index (Phi) is 10.5. The van der Waals surface area contributed by atoms with Crippen LogP contribution in [0.25, 0.3) is 0 Å². The van der Waals surface area contributed by atoms with Crippen molar-refractivity contribution in [3.8, 4) is 0 Å². The van der Waals surface area contributed by atoms with Crippen molar-refractivity contribution in [2.75, 3.05) is 0 Å². The highest BCUT2D eigenvalue weighted by Crippen LogP contribution is 2.08. The van der Waals surface area contributed by atoms with Crippen molar-refractivity contribution >= 4 is 15.9 Å². The van der Waals surface area contributed by atoms with Crippen LogP contribution in [0.2, 0.25) is 0 Å². The van der Waals surface area contributed by atoms with Crippen molar-refractivity contribution in [1.82, 2.24) is 0 Å². The molecule has 0 amide bonds. The molecule has 0 nitrogen and oxygen atoms in total. The Hall–Kier alpha value is 0.220. The number of rotatable bonds is 8. The van der Waals surface area contributed by atoms with Crippen LogP contribution in [0.1, 0.15) is 58.8 Å². The van der Waals surface area contributed by atoms with Crippen LogP contribution in [0.3, 0.4) is 0 Å². The van der Waals surface area contributed by atoms with Gasteiger partial charge in [0.25, 0.3) is 0 Å². The summed E-state index contributed by atoms with van der Waals surface area (Å²) < 4.78 is 0. The molecule has 0 saturated carbocycles. The van der Waals surface area contributed by atoms with Gasteiger partial charge in [-0.25, -0.2) is 0 Å². The third kappa shape index (κ3) is 12.2. The van der Waals surface area contributed by atoms with Gasteiger partial charge >= 0.3 is 0 Å². The number of hydrogen-bond donors (Lipinski definition) is 0. The van der Waals surface area contributed by atoms with Gasteiger partial charge in [-0.2, -0.15) is 0 Å². The van der Waals surface area contributed by atoms with Crippen LogP contribution in [-0.4, -0.2) is 4.83 Å². The van der Waals surface area contributed by atoms with Crippen LogP contribution >= 0.6 is 15.9 Å². The Bertz CT molecular complexity index is 116. The first kappa shape index (κ1) is 13.2. The fraction of sp³-hybridized carbons (Fsp3) is 0.833. The molecular formula is C12H23Br. The molecule has 0 saturated heterocycles. The maximum absolute atomic E-state index is 3.49. The molecular weight excluding hydrogens is 224 g/mol. The third-order valence-electron chi connectivity index (χ3n) is 2.13. The van der Waals surface area contributed by atoms with E-state index in [2.05, 4.69) is 41.9 Å². The zero-order valence-corrected chi connectivity index (χ0v) is 10.6. The van der Waals surface area contributed by atoms with Crippen LogP contribution in [0, 0.1) is 0 Å². The van der Waals surface area contributed by atoms with E-state index in [1.165, 1.54) is 44.9 Å². The minimum Gasteiger partial charge on any atom is -0.0874 e. The van der Waals surface area contributed by atoms with Crippen LogP contribution < -0.4 is 0 Å². The van der Waals surface area contributed by atoms with E-state index in [4.69, 9.17) is 0 Å². The second-order valence-electron chi connectivity index (χ2n) is 3.66. The van der Waals surface area contributed by atoms with Crippen molar-refractivity contribution in [2.45, 2.75) is 63.6 Å². The molecule has 13 heavy (non-hydrogen) atoms. The molecule has 78 valence electrons. The lowest BCUT2D eigenvalue weighted by Gasteiger charge is -1.97. The normalized spacial score (nSPS) is 13.8. The second-order valence-corrected chi connectivity index (χ2v) is 5.11. The molecule has 0 aromatic heterocycles. The van der Waals surface area contributed by atoms with Crippen LogP contribution in [0.15, 0.2) is 12.2 Å². The predicted molar refractivity (Wildman–Crippen MR) is 65.5 cm³/mol. The maximum Gasteiger partial charge on any atom is 0.0297 e. The summed E-state index contributed by atoms with van der Waals surface area (Å²) in [4.78, 5) is 0.535. The summed E-state index contributed by atoms with van der Waals surface area (Å²) in [6.45, 7) is 4.41. The molecule has 1 unspecified atom stereocenters. The van der Waals surface area contributed by atoms with Crippen molar-refractivity contribution in [1.29, 1.82) is 0 Å². The molecule has 0 bridgehead atoms. The summed E-state index contributed by atoms with van der Waals surface area (Å²) >= 11 is 3.49. The summed E-state index contributed by atoms with van der Waals surface area (Å²) in [5.41, 5.74) is 0. The first-order chi connectivity index (χ1) is 6.27. The Labute approximate surface area is 91.9 Å². The zero-order valence-electron chi connectivity index (χ0n) is 9.06. The number of unbranched alkanes of at least 4 members (excludes halogenated alkanes) is 6. The van der Waals surface area contributed by atoms with Gasteiger partial charge in [0.05, 0.1) is 0 Å². The average molecular weight is 247 g/mol. The van der Waals surface area contributed by atoms with E-state index in [1.54, 1.807) is 0 Å². The third-order valence-corrected chi connectivity index (χ3v) is 2.43. The average Bonchev–Trinajstić information content (AvgIpc) is 2.09. The van der Waals surface area contributed by atoms with Crippen LogP contribution in [0.5, 0.6) is 0 Å². The topological polar surface area (TPSA) is 0 Å². The second kappa shape index (κ2) is 10.3. The number of hydrogen-bond acceptors (Lipinski definition) is 0. The van der Waals surface area contributed by atoms with Gasteiger partial charge in [0, 0.05) is 4.83 Å². The fourth-order valence-corrected chi connectivity index (χ4v) is 1.54. The van der Waals surface area contributed by atoms with Gasteiger partial charge < -0.3 is 0 Å². The minimum absolute atomic E-state index is 0.535. The Morgan fingerprint density at radius 2 is 1.69 bits per heavy atom. The van der Waals surface area contributed by atoms with Crippen molar-refractivity contribution in [3.63, 3.8) is 0 Å².